The summed E-state index contributed by atoms with van der Waals surface area (Å²) in [5, 5.41) is 0. The Morgan fingerprint density at radius 1 is 1.05 bits per heavy atom. The summed E-state index contributed by atoms with van der Waals surface area (Å²) >= 11 is 0. The minimum Gasteiger partial charge on any atom is -0.365 e. The molecule has 2 nitrogen and oxygen atoms in total. The second-order valence-corrected chi connectivity index (χ2v) is 4.51. The summed E-state index contributed by atoms with van der Waals surface area (Å²) in [5.74, 6) is -0.241. The summed E-state index contributed by atoms with van der Waals surface area (Å²) in [7, 11) is 1.72. The molecule has 0 bridgehead atoms. The van der Waals surface area contributed by atoms with Crippen LogP contribution in [0, 0.1) is 5.82 Å². The van der Waals surface area contributed by atoms with Crippen LogP contribution in [-0.2, 0) is 11.2 Å². The number of nitrogens with zero attached hydrogens (tertiary/aromatic N) is 1. The molecular weight excluding hydrogens is 241 g/mol. The van der Waals surface area contributed by atoms with Gasteiger partial charge in [-0.1, -0.05) is 42.5 Å². The molecule has 19 heavy (non-hydrogen) atoms. The first kappa shape index (κ1) is 13.3. The van der Waals surface area contributed by atoms with Gasteiger partial charge in [0, 0.05) is 13.5 Å². The van der Waals surface area contributed by atoms with Gasteiger partial charge in [0.05, 0.1) is 12.2 Å². The second-order valence-electron chi connectivity index (χ2n) is 4.51. The number of likely N-dealkylation sites (N-methyl/N-ethyl adjacent to an activating group) is 1. The first-order valence-electron chi connectivity index (χ1n) is 6.18. The van der Waals surface area contributed by atoms with Crippen molar-refractivity contribution >= 4 is 11.5 Å². The van der Waals surface area contributed by atoms with Gasteiger partial charge in [0.2, 0.25) is 0 Å². The molecule has 98 valence electrons. The molecule has 2 aromatic rings. The molecule has 0 atom stereocenters. The lowest BCUT2D eigenvalue weighted by Gasteiger charge is -2.18. The number of para-hydroxylation sites is 1. The van der Waals surface area contributed by atoms with Crippen molar-refractivity contribution < 1.29 is 9.18 Å². The monoisotopic (exact) mass is 257 g/mol. The molecule has 0 aliphatic heterocycles. The fraction of sp³-hybridized carbons (Fsp3) is 0.188. The molecule has 0 N–H and O–H groups in total. The number of carbonyl (C=O) groups excluding carboxylic acids is 1. The zero-order chi connectivity index (χ0) is 13.7. The van der Waals surface area contributed by atoms with Gasteiger partial charge in [-0.15, -0.1) is 0 Å². The molecule has 2 rings (SSSR count). The molecular formula is C16H16FNO. The van der Waals surface area contributed by atoms with Crippen LogP contribution in [0.3, 0.4) is 0 Å². The fourth-order valence-electron chi connectivity index (χ4n) is 1.99. The Kier molecular flexibility index (Phi) is 4.29. The van der Waals surface area contributed by atoms with Crippen molar-refractivity contribution in [1.29, 1.82) is 0 Å². The van der Waals surface area contributed by atoms with Gasteiger partial charge in [0.1, 0.15) is 5.82 Å². The highest BCUT2D eigenvalue weighted by Gasteiger charge is 2.11. The molecule has 0 saturated carbocycles. The van der Waals surface area contributed by atoms with Gasteiger partial charge in [-0.25, -0.2) is 4.39 Å². The average molecular weight is 257 g/mol. The minimum absolute atomic E-state index is 0.0666. The van der Waals surface area contributed by atoms with Gasteiger partial charge >= 0.3 is 0 Å². The summed E-state index contributed by atoms with van der Waals surface area (Å²) < 4.78 is 13.6. The number of rotatable bonds is 5. The van der Waals surface area contributed by atoms with Crippen molar-refractivity contribution in [3.63, 3.8) is 0 Å². The van der Waals surface area contributed by atoms with E-state index >= 15 is 0 Å². The van der Waals surface area contributed by atoms with E-state index in [0.29, 0.717) is 12.1 Å². The van der Waals surface area contributed by atoms with E-state index in [2.05, 4.69) is 0 Å². The molecule has 0 saturated heterocycles. The molecule has 0 fully saturated rings. The smallest absolute Gasteiger partial charge is 0.156 e. The Bertz CT molecular complexity index is 554. The number of Topliss-reactive ketones (excluding diaryl/α,β-unsaturated/α-hetero) is 1. The maximum absolute atomic E-state index is 13.6. The zero-order valence-corrected chi connectivity index (χ0v) is 10.8. The van der Waals surface area contributed by atoms with E-state index in [0.717, 1.165) is 5.56 Å². The highest BCUT2D eigenvalue weighted by molar-refractivity contribution is 5.85. The summed E-state index contributed by atoms with van der Waals surface area (Å²) in [6, 6.07) is 16.0. The third kappa shape index (κ3) is 3.65. The lowest BCUT2D eigenvalue weighted by Crippen LogP contribution is -2.27. The number of benzene rings is 2. The lowest BCUT2D eigenvalue weighted by atomic mass is 10.1. The topological polar surface area (TPSA) is 20.3 Å². The quantitative estimate of drug-likeness (QED) is 0.820. The first-order valence-corrected chi connectivity index (χ1v) is 6.18. The highest BCUT2D eigenvalue weighted by atomic mass is 19.1. The maximum atomic E-state index is 13.6. The van der Waals surface area contributed by atoms with Gasteiger partial charge in [-0.2, -0.15) is 0 Å². The van der Waals surface area contributed by atoms with Gasteiger partial charge < -0.3 is 4.90 Å². The molecule has 0 aliphatic carbocycles. The number of hydrogen-bond acceptors (Lipinski definition) is 2. The molecule has 0 radical (unpaired) electrons. The maximum Gasteiger partial charge on any atom is 0.156 e. The number of anilines is 1. The van der Waals surface area contributed by atoms with Crippen LogP contribution in [-0.4, -0.2) is 19.4 Å². The third-order valence-corrected chi connectivity index (χ3v) is 2.92. The minimum atomic E-state index is -0.308. The van der Waals surface area contributed by atoms with E-state index in [9.17, 15) is 9.18 Å². The Balaban J connectivity index is 1.98. The molecule has 0 heterocycles. The molecule has 2 aromatic carbocycles. The number of carbonyl (C=O) groups is 1. The number of halogens is 1. The van der Waals surface area contributed by atoms with Crippen molar-refractivity contribution in [1.82, 2.24) is 0 Å². The summed E-state index contributed by atoms with van der Waals surface area (Å²) in [4.78, 5) is 13.6. The van der Waals surface area contributed by atoms with E-state index < -0.39 is 0 Å². The molecule has 0 amide bonds. The molecule has 3 heteroatoms. The Hall–Kier alpha value is -2.16. The van der Waals surface area contributed by atoms with E-state index in [1.54, 1.807) is 30.1 Å². The Morgan fingerprint density at radius 3 is 2.37 bits per heavy atom. The highest BCUT2D eigenvalue weighted by Crippen LogP contribution is 2.16. The van der Waals surface area contributed by atoms with Crippen molar-refractivity contribution in [2.24, 2.45) is 0 Å². The average Bonchev–Trinajstić information content (AvgIpc) is 2.40. The summed E-state index contributed by atoms with van der Waals surface area (Å²) in [5.41, 5.74) is 1.43. The third-order valence-electron chi connectivity index (χ3n) is 2.92. The van der Waals surface area contributed by atoms with Crippen LogP contribution >= 0.6 is 0 Å². The SMILES string of the molecule is CN(CC(=O)Cc1ccccc1)c1ccccc1F. The first-order chi connectivity index (χ1) is 9.16. The zero-order valence-electron chi connectivity index (χ0n) is 10.8. The van der Waals surface area contributed by atoms with Crippen molar-refractivity contribution in [2.75, 3.05) is 18.5 Å². The van der Waals surface area contributed by atoms with E-state index in [4.69, 9.17) is 0 Å². The van der Waals surface area contributed by atoms with Crippen LogP contribution in [0.2, 0.25) is 0 Å². The van der Waals surface area contributed by atoms with Gasteiger partial charge in [-0.05, 0) is 17.7 Å². The standard InChI is InChI=1S/C16H16FNO/c1-18(16-10-6-5-9-15(16)17)12-14(19)11-13-7-3-2-4-8-13/h2-10H,11-12H2,1H3. The van der Waals surface area contributed by atoms with Crippen LogP contribution in [0.4, 0.5) is 10.1 Å². The van der Waals surface area contributed by atoms with Crippen molar-refractivity contribution in [2.45, 2.75) is 6.42 Å². The van der Waals surface area contributed by atoms with Gasteiger partial charge in [0.25, 0.3) is 0 Å². The van der Waals surface area contributed by atoms with E-state index in [-0.39, 0.29) is 18.1 Å². The van der Waals surface area contributed by atoms with Crippen molar-refractivity contribution in [3.8, 4) is 0 Å². The fourth-order valence-corrected chi connectivity index (χ4v) is 1.99. The second kappa shape index (κ2) is 6.14. The van der Waals surface area contributed by atoms with Gasteiger partial charge in [0.15, 0.2) is 5.78 Å². The van der Waals surface area contributed by atoms with Crippen LogP contribution in [0.25, 0.3) is 0 Å². The number of hydrogen-bond donors (Lipinski definition) is 0. The molecule has 0 unspecified atom stereocenters. The molecule has 0 spiro atoms. The van der Waals surface area contributed by atoms with E-state index in [1.165, 1.54) is 6.07 Å². The van der Waals surface area contributed by atoms with Crippen molar-refractivity contribution in [3.05, 3.63) is 66.0 Å². The van der Waals surface area contributed by atoms with Crippen LogP contribution in [0.5, 0.6) is 0 Å². The molecule has 0 aliphatic rings. The Morgan fingerprint density at radius 2 is 1.68 bits per heavy atom. The largest absolute Gasteiger partial charge is 0.365 e. The normalized spacial score (nSPS) is 10.2. The predicted octanol–water partition coefficient (Wildman–Crippen LogP) is 3.07. The van der Waals surface area contributed by atoms with E-state index in [1.807, 2.05) is 30.3 Å². The predicted molar refractivity (Wildman–Crippen MR) is 74.8 cm³/mol. The lowest BCUT2D eigenvalue weighted by molar-refractivity contribution is -0.117. The summed E-state index contributed by atoms with van der Waals surface area (Å²) in [6.07, 6.45) is 0.375. The number of ketones is 1. The van der Waals surface area contributed by atoms with Crippen LogP contribution < -0.4 is 4.90 Å². The summed E-state index contributed by atoms with van der Waals surface area (Å²) in [6.45, 7) is 0.204. The molecule has 0 aromatic heterocycles. The van der Waals surface area contributed by atoms with Crippen LogP contribution in [0.15, 0.2) is 54.6 Å². The van der Waals surface area contributed by atoms with Crippen LogP contribution in [0.1, 0.15) is 5.56 Å². The van der Waals surface area contributed by atoms with Gasteiger partial charge in [-0.3, -0.25) is 4.79 Å². The Labute approximate surface area is 112 Å².